The second kappa shape index (κ2) is 3.53. The molecule has 1 N–H and O–H groups in total. The summed E-state index contributed by atoms with van der Waals surface area (Å²) >= 11 is 0. The molecule has 2 aliphatic heterocycles. The smallest absolute Gasteiger partial charge is 0.0396 e. The highest BCUT2D eigenvalue weighted by Crippen LogP contribution is 2.31. The molecule has 2 atom stereocenters. The Labute approximate surface area is 91.3 Å². The second-order valence-electron chi connectivity index (χ2n) is 4.87. The van der Waals surface area contributed by atoms with E-state index in [2.05, 4.69) is 41.4 Å². The van der Waals surface area contributed by atoms with Gasteiger partial charge in [0.15, 0.2) is 0 Å². The van der Waals surface area contributed by atoms with Gasteiger partial charge in [0.2, 0.25) is 0 Å². The van der Waals surface area contributed by atoms with E-state index >= 15 is 0 Å². The number of aryl methyl sites for hydroxylation is 1. The van der Waals surface area contributed by atoms with Crippen LogP contribution < -0.4 is 10.2 Å². The van der Waals surface area contributed by atoms with Gasteiger partial charge in [-0.3, -0.25) is 0 Å². The fourth-order valence-electron chi connectivity index (χ4n) is 2.97. The largest absolute Gasteiger partial charge is 0.371 e. The predicted octanol–water partition coefficient (Wildman–Crippen LogP) is 1.65. The van der Waals surface area contributed by atoms with Crippen LogP contribution in [0.3, 0.4) is 0 Å². The molecule has 0 spiro atoms. The fraction of sp³-hybridized carbons (Fsp3) is 0.538. The summed E-state index contributed by atoms with van der Waals surface area (Å²) in [5, 5.41) is 3.48. The number of para-hydroxylation sites is 1. The molecule has 2 fully saturated rings. The summed E-state index contributed by atoms with van der Waals surface area (Å²) in [5.41, 5.74) is 2.84. The van der Waals surface area contributed by atoms with Crippen LogP contribution >= 0.6 is 0 Å². The van der Waals surface area contributed by atoms with Crippen molar-refractivity contribution < 1.29 is 0 Å². The minimum Gasteiger partial charge on any atom is -0.371 e. The molecule has 0 unspecified atom stereocenters. The van der Waals surface area contributed by atoms with Gasteiger partial charge in [0.25, 0.3) is 0 Å². The number of hydrogen-bond acceptors (Lipinski definition) is 2. The predicted molar refractivity (Wildman–Crippen MR) is 63.2 cm³/mol. The van der Waals surface area contributed by atoms with Gasteiger partial charge in [-0.1, -0.05) is 18.2 Å². The molecule has 2 nitrogen and oxygen atoms in total. The van der Waals surface area contributed by atoms with Gasteiger partial charge in [0.05, 0.1) is 0 Å². The number of benzene rings is 1. The van der Waals surface area contributed by atoms with Crippen molar-refractivity contribution in [1.82, 2.24) is 5.32 Å². The molecule has 2 saturated heterocycles. The Morgan fingerprint density at radius 1 is 1.13 bits per heavy atom. The molecule has 2 heteroatoms. The lowest BCUT2D eigenvalue weighted by atomic mass is 10.0. The number of anilines is 1. The van der Waals surface area contributed by atoms with Gasteiger partial charge in [0, 0.05) is 31.9 Å². The van der Waals surface area contributed by atoms with Crippen LogP contribution in [0.5, 0.6) is 0 Å². The highest BCUT2D eigenvalue weighted by Gasteiger charge is 2.36. The summed E-state index contributed by atoms with van der Waals surface area (Å²) in [7, 11) is 0. The second-order valence-corrected chi connectivity index (χ2v) is 4.87. The molecule has 2 heterocycles. The van der Waals surface area contributed by atoms with E-state index in [1.165, 1.54) is 37.4 Å². The molecule has 0 saturated carbocycles. The SMILES string of the molecule is Cc1ccccc1N1C[C@H]2CNC[C@H]2C1. The summed E-state index contributed by atoms with van der Waals surface area (Å²) in [6.07, 6.45) is 0. The van der Waals surface area contributed by atoms with E-state index in [0.29, 0.717) is 0 Å². The zero-order valence-corrected chi connectivity index (χ0v) is 9.24. The third-order valence-electron chi connectivity index (χ3n) is 3.85. The minimum absolute atomic E-state index is 0.879. The molecule has 0 aliphatic carbocycles. The summed E-state index contributed by atoms with van der Waals surface area (Å²) in [4.78, 5) is 2.56. The van der Waals surface area contributed by atoms with Crippen molar-refractivity contribution in [3.05, 3.63) is 29.8 Å². The Hall–Kier alpha value is -1.02. The standard InChI is InChI=1S/C13H18N2/c1-10-4-2-3-5-13(10)15-8-11-6-14-7-12(11)9-15/h2-5,11-12,14H,6-9H2,1H3/t11-,12+. The molecule has 0 bridgehead atoms. The van der Waals surface area contributed by atoms with Crippen molar-refractivity contribution in [3.8, 4) is 0 Å². The van der Waals surface area contributed by atoms with E-state index in [4.69, 9.17) is 0 Å². The van der Waals surface area contributed by atoms with Gasteiger partial charge in [-0.05, 0) is 30.4 Å². The maximum atomic E-state index is 3.48. The van der Waals surface area contributed by atoms with Crippen molar-refractivity contribution in [2.75, 3.05) is 31.1 Å². The Bertz CT molecular complexity index is 349. The molecule has 0 amide bonds. The molecule has 3 rings (SSSR count). The van der Waals surface area contributed by atoms with Crippen LogP contribution in [0.25, 0.3) is 0 Å². The van der Waals surface area contributed by atoms with Gasteiger partial charge < -0.3 is 10.2 Å². The highest BCUT2D eigenvalue weighted by atomic mass is 15.2. The first kappa shape index (κ1) is 9.22. The monoisotopic (exact) mass is 202 g/mol. The van der Waals surface area contributed by atoms with E-state index < -0.39 is 0 Å². The molecule has 80 valence electrons. The Balaban J connectivity index is 1.82. The van der Waals surface area contributed by atoms with Crippen LogP contribution in [0.15, 0.2) is 24.3 Å². The van der Waals surface area contributed by atoms with Gasteiger partial charge in [-0.25, -0.2) is 0 Å². The lowest BCUT2D eigenvalue weighted by molar-refractivity contribution is 0.533. The van der Waals surface area contributed by atoms with E-state index in [1.807, 2.05) is 0 Å². The van der Waals surface area contributed by atoms with Crippen LogP contribution in [-0.2, 0) is 0 Å². The molecular formula is C13H18N2. The van der Waals surface area contributed by atoms with Crippen molar-refractivity contribution in [2.24, 2.45) is 11.8 Å². The summed E-state index contributed by atoms with van der Waals surface area (Å²) in [6.45, 7) is 7.12. The van der Waals surface area contributed by atoms with E-state index in [1.54, 1.807) is 0 Å². The topological polar surface area (TPSA) is 15.3 Å². The highest BCUT2D eigenvalue weighted by molar-refractivity contribution is 5.54. The lowest BCUT2D eigenvalue weighted by Crippen LogP contribution is -2.25. The van der Waals surface area contributed by atoms with Gasteiger partial charge >= 0.3 is 0 Å². The Morgan fingerprint density at radius 3 is 2.47 bits per heavy atom. The van der Waals surface area contributed by atoms with Crippen molar-refractivity contribution in [3.63, 3.8) is 0 Å². The van der Waals surface area contributed by atoms with Crippen LogP contribution in [0.4, 0.5) is 5.69 Å². The van der Waals surface area contributed by atoms with Crippen molar-refractivity contribution >= 4 is 5.69 Å². The van der Waals surface area contributed by atoms with E-state index in [9.17, 15) is 0 Å². The number of nitrogens with zero attached hydrogens (tertiary/aromatic N) is 1. The van der Waals surface area contributed by atoms with E-state index in [0.717, 1.165) is 11.8 Å². The van der Waals surface area contributed by atoms with Gasteiger partial charge in [-0.15, -0.1) is 0 Å². The van der Waals surface area contributed by atoms with Crippen LogP contribution in [0.1, 0.15) is 5.56 Å². The normalized spacial score (nSPS) is 29.5. The minimum atomic E-state index is 0.879. The maximum Gasteiger partial charge on any atom is 0.0396 e. The zero-order valence-electron chi connectivity index (χ0n) is 9.24. The van der Waals surface area contributed by atoms with Gasteiger partial charge in [-0.2, -0.15) is 0 Å². The number of nitrogens with one attached hydrogen (secondary N) is 1. The average molecular weight is 202 g/mol. The number of fused-ring (bicyclic) bond motifs is 1. The first-order valence-corrected chi connectivity index (χ1v) is 5.86. The first-order chi connectivity index (χ1) is 7.34. The quantitative estimate of drug-likeness (QED) is 0.745. The summed E-state index contributed by atoms with van der Waals surface area (Å²) < 4.78 is 0. The Morgan fingerprint density at radius 2 is 1.80 bits per heavy atom. The number of hydrogen-bond donors (Lipinski definition) is 1. The molecule has 0 radical (unpaired) electrons. The summed E-state index contributed by atoms with van der Waals surface area (Å²) in [6, 6.07) is 8.73. The molecule has 1 aromatic carbocycles. The van der Waals surface area contributed by atoms with Crippen LogP contribution in [-0.4, -0.2) is 26.2 Å². The van der Waals surface area contributed by atoms with E-state index in [-0.39, 0.29) is 0 Å². The average Bonchev–Trinajstić information content (AvgIpc) is 2.77. The Kier molecular flexibility index (Phi) is 2.17. The third kappa shape index (κ3) is 1.53. The molecule has 2 aliphatic rings. The third-order valence-corrected chi connectivity index (χ3v) is 3.85. The van der Waals surface area contributed by atoms with Crippen LogP contribution in [0.2, 0.25) is 0 Å². The maximum absolute atomic E-state index is 3.48. The van der Waals surface area contributed by atoms with Crippen LogP contribution in [0, 0.1) is 18.8 Å². The van der Waals surface area contributed by atoms with Crippen molar-refractivity contribution in [1.29, 1.82) is 0 Å². The molecule has 1 aromatic rings. The molecule has 0 aromatic heterocycles. The zero-order chi connectivity index (χ0) is 10.3. The molecule has 15 heavy (non-hydrogen) atoms. The number of rotatable bonds is 1. The summed E-state index contributed by atoms with van der Waals surface area (Å²) in [5.74, 6) is 1.76. The lowest BCUT2D eigenvalue weighted by Gasteiger charge is -2.21. The van der Waals surface area contributed by atoms with Crippen molar-refractivity contribution in [2.45, 2.75) is 6.92 Å². The molecular weight excluding hydrogens is 184 g/mol. The fourth-order valence-corrected chi connectivity index (χ4v) is 2.97. The van der Waals surface area contributed by atoms with Gasteiger partial charge in [0.1, 0.15) is 0 Å². The first-order valence-electron chi connectivity index (χ1n) is 5.86.